The van der Waals surface area contributed by atoms with Gasteiger partial charge in [-0.25, -0.2) is 0 Å². The van der Waals surface area contributed by atoms with E-state index in [1.807, 2.05) is 19.2 Å². The van der Waals surface area contributed by atoms with E-state index in [-0.39, 0.29) is 0 Å². The molecule has 0 fully saturated rings. The Bertz CT molecular complexity index is 275. The smallest absolute Gasteiger partial charge is 0.184 e. The first-order chi connectivity index (χ1) is 6.22. The van der Waals surface area contributed by atoms with Crippen LogP contribution in [0.5, 0.6) is 11.5 Å². The predicted octanol–water partition coefficient (Wildman–Crippen LogP) is 0.619. The molecule has 0 unspecified atom stereocenters. The number of nitrogens with one attached hydrogen (secondary N) is 1. The van der Waals surface area contributed by atoms with E-state index >= 15 is 0 Å². The van der Waals surface area contributed by atoms with Gasteiger partial charge in [-0.1, -0.05) is 0 Å². The molecule has 0 amide bonds. The fourth-order valence-corrected chi connectivity index (χ4v) is 1.21. The molecule has 1 rings (SSSR count). The van der Waals surface area contributed by atoms with Crippen molar-refractivity contribution in [2.24, 2.45) is 0 Å². The number of hydrogen-bond acceptors (Lipinski definition) is 3. The topological polar surface area (TPSA) is 58.1 Å². The molecule has 0 spiro atoms. The van der Waals surface area contributed by atoms with E-state index in [1.54, 1.807) is 14.2 Å². The van der Waals surface area contributed by atoms with Gasteiger partial charge in [-0.05, 0) is 0 Å². The zero-order valence-electron chi connectivity index (χ0n) is 8.18. The Kier molecular flexibility index (Phi) is 2.97. The van der Waals surface area contributed by atoms with Crippen LogP contribution in [-0.2, 0) is 0 Å². The number of benzene rings is 1. The molecule has 0 atom stereocenters. The molecular formula is C9H15N2O2+. The summed E-state index contributed by atoms with van der Waals surface area (Å²) in [6.07, 6.45) is 0. The molecule has 13 heavy (non-hydrogen) atoms. The molecule has 0 aliphatic rings. The van der Waals surface area contributed by atoms with Crippen LogP contribution in [0.1, 0.15) is 0 Å². The number of methoxy groups -OCH3 is 2. The van der Waals surface area contributed by atoms with Gasteiger partial charge in [0.2, 0.25) is 0 Å². The lowest BCUT2D eigenvalue weighted by Crippen LogP contribution is -2.40. The van der Waals surface area contributed by atoms with Crippen molar-refractivity contribution in [3.63, 3.8) is 0 Å². The van der Waals surface area contributed by atoms with E-state index in [0.717, 1.165) is 11.4 Å². The van der Waals surface area contributed by atoms with Gasteiger partial charge in [0.15, 0.2) is 11.5 Å². The highest BCUT2D eigenvalue weighted by Gasteiger charge is 2.11. The van der Waals surface area contributed by atoms with E-state index in [1.165, 1.54) is 0 Å². The van der Waals surface area contributed by atoms with Crippen molar-refractivity contribution in [1.82, 2.24) is 0 Å². The summed E-state index contributed by atoms with van der Waals surface area (Å²) in [5.41, 5.74) is 5.61. The molecule has 1 aromatic carbocycles. The first kappa shape index (κ1) is 9.67. The zero-order chi connectivity index (χ0) is 9.84. The van der Waals surface area contributed by atoms with Crippen LogP contribution in [0.2, 0.25) is 0 Å². The van der Waals surface area contributed by atoms with Gasteiger partial charge >= 0.3 is 0 Å². The van der Waals surface area contributed by atoms with Crippen molar-refractivity contribution in [3.8, 4) is 11.5 Å². The summed E-state index contributed by atoms with van der Waals surface area (Å²) in [6.45, 7) is 0. The van der Waals surface area contributed by atoms with Crippen LogP contribution in [0.25, 0.3) is 0 Å². The Labute approximate surface area is 77.6 Å². The van der Waals surface area contributed by atoms with Gasteiger partial charge in [0, 0.05) is 19.2 Å². The first-order valence-corrected chi connectivity index (χ1v) is 3.98. The summed E-state index contributed by atoms with van der Waals surface area (Å²) >= 11 is 0. The average Bonchev–Trinajstić information content (AvgIpc) is 2.16. The maximum Gasteiger partial charge on any atom is 0.184 e. The molecule has 0 bridgehead atoms. The number of rotatable bonds is 3. The lowest BCUT2D eigenvalue weighted by atomic mass is 10.2. The molecule has 0 saturated heterocycles. The summed E-state index contributed by atoms with van der Waals surface area (Å²) in [5, 5.41) is 3.02. The van der Waals surface area contributed by atoms with Gasteiger partial charge in [-0.3, -0.25) is 0 Å². The Hall–Kier alpha value is -1.42. The maximum absolute atomic E-state index is 5.20. The summed E-state index contributed by atoms with van der Waals surface area (Å²) in [7, 11) is 5.05. The lowest BCUT2D eigenvalue weighted by molar-refractivity contribution is -0.254. The number of ether oxygens (including phenoxy) is 2. The third-order valence-corrected chi connectivity index (χ3v) is 1.81. The fourth-order valence-electron chi connectivity index (χ4n) is 1.21. The fraction of sp³-hybridized carbons (Fsp3) is 0.333. The lowest BCUT2D eigenvalue weighted by Gasteiger charge is -2.11. The van der Waals surface area contributed by atoms with Crippen molar-refractivity contribution < 1.29 is 15.2 Å². The number of anilines is 1. The Balaban J connectivity index is 3.25. The minimum absolute atomic E-state index is 0.694. The standard InChI is InChI=1S/C9H14N2O2/c1-11-7-4-6(10)5-8(12-2)9(7)13-3/h4-5,11H,10H2,1-3H3/p+1. The molecule has 4 N–H and O–H groups in total. The molecule has 0 aromatic heterocycles. The molecule has 0 aliphatic heterocycles. The molecule has 4 heteroatoms. The molecule has 4 nitrogen and oxygen atoms in total. The van der Waals surface area contributed by atoms with Crippen LogP contribution in [0, 0.1) is 0 Å². The second-order valence-electron chi connectivity index (χ2n) is 2.63. The van der Waals surface area contributed by atoms with E-state index in [0.29, 0.717) is 11.5 Å². The molecule has 0 aliphatic carbocycles. The van der Waals surface area contributed by atoms with Crippen molar-refractivity contribution >= 4 is 11.4 Å². The van der Waals surface area contributed by atoms with Crippen molar-refractivity contribution in [2.45, 2.75) is 0 Å². The van der Waals surface area contributed by atoms with Crippen LogP contribution in [0.4, 0.5) is 11.4 Å². The van der Waals surface area contributed by atoms with E-state index < -0.39 is 0 Å². The van der Waals surface area contributed by atoms with Gasteiger partial charge in [-0.15, -0.1) is 0 Å². The van der Waals surface area contributed by atoms with E-state index in [9.17, 15) is 0 Å². The zero-order valence-corrected chi connectivity index (χ0v) is 8.18. The van der Waals surface area contributed by atoms with E-state index in [4.69, 9.17) is 9.47 Å². The Morgan fingerprint density at radius 2 is 1.92 bits per heavy atom. The predicted molar refractivity (Wildman–Crippen MR) is 51.6 cm³/mol. The largest absolute Gasteiger partial charge is 0.493 e. The van der Waals surface area contributed by atoms with Gasteiger partial charge in [0.05, 0.1) is 19.9 Å². The van der Waals surface area contributed by atoms with Crippen LogP contribution >= 0.6 is 0 Å². The van der Waals surface area contributed by atoms with Gasteiger partial charge < -0.3 is 20.5 Å². The summed E-state index contributed by atoms with van der Waals surface area (Å²) in [5.74, 6) is 1.40. The highest BCUT2D eigenvalue weighted by Crippen LogP contribution is 2.36. The Morgan fingerprint density at radius 1 is 1.23 bits per heavy atom. The van der Waals surface area contributed by atoms with Crippen molar-refractivity contribution in [1.29, 1.82) is 0 Å². The first-order valence-electron chi connectivity index (χ1n) is 3.98. The third-order valence-electron chi connectivity index (χ3n) is 1.81. The van der Waals surface area contributed by atoms with Gasteiger partial charge in [0.1, 0.15) is 5.69 Å². The number of hydrogen-bond donors (Lipinski definition) is 2. The number of quaternary nitrogens is 1. The summed E-state index contributed by atoms with van der Waals surface area (Å²) < 4.78 is 10.4. The summed E-state index contributed by atoms with van der Waals surface area (Å²) in [4.78, 5) is 0. The van der Waals surface area contributed by atoms with Crippen LogP contribution in [-0.4, -0.2) is 21.3 Å². The monoisotopic (exact) mass is 183 g/mol. The molecule has 0 saturated carbocycles. The molecule has 1 aromatic rings. The maximum atomic E-state index is 5.20. The molecule has 0 radical (unpaired) electrons. The SMILES string of the molecule is CNc1cc([NH3+])cc(OC)c1OC. The van der Waals surface area contributed by atoms with Crippen molar-refractivity contribution in [2.75, 3.05) is 26.6 Å². The second kappa shape index (κ2) is 4.00. The summed E-state index contributed by atoms with van der Waals surface area (Å²) in [6, 6.07) is 3.74. The van der Waals surface area contributed by atoms with Crippen LogP contribution in [0.3, 0.4) is 0 Å². The molecule has 0 heterocycles. The Morgan fingerprint density at radius 3 is 2.38 bits per heavy atom. The van der Waals surface area contributed by atoms with Crippen LogP contribution in [0.15, 0.2) is 12.1 Å². The normalized spacial score (nSPS) is 9.54. The minimum atomic E-state index is 0.694. The van der Waals surface area contributed by atoms with Crippen LogP contribution < -0.4 is 20.5 Å². The second-order valence-corrected chi connectivity index (χ2v) is 2.63. The minimum Gasteiger partial charge on any atom is -0.493 e. The third kappa shape index (κ3) is 1.84. The molecular weight excluding hydrogens is 168 g/mol. The van der Waals surface area contributed by atoms with Crippen molar-refractivity contribution in [3.05, 3.63) is 12.1 Å². The quantitative estimate of drug-likeness (QED) is 0.722. The molecule has 72 valence electrons. The highest BCUT2D eigenvalue weighted by atomic mass is 16.5. The van der Waals surface area contributed by atoms with E-state index in [2.05, 4.69) is 11.1 Å². The van der Waals surface area contributed by atoms with Gasteiger partial charge in [0.25, 0.3) is 0 Å². The average molecular weight is 183 g/mol. The van der Waals surface area contributed by atoms with Gasteiger partial charge in [-0.2, -0.15) is 0 Å². The highest BCUT2D eigenvalue weighted by molar-refractivity contribution is 5.67.